The molecule has 0 atom stereocenters. The van der Waals surface area contributed by atoms with Gasteiger partial charge in [-0.05, 0) is 43.7 Å². The SMILES string of the molecule is Cc1ccc(C(=O)N(Cc2ccco2)c2nc3c(F)cc(F)cc3s2)c(C)c1. The quantitative estimate of drug-likeness (QED) is 0.447. The van der Waals surface area contributed by atoms with Gasteiger partial charge in [0.15, 0.2) is 10.9 Å². The topological polar surface area (TPSA) is 46.3 Å². The molecule has 2 heterocycles. The van der Waals surface area contributed by atoms with Crippen molar-refractivity contribution in [2.75, 3.05) is 4.90 Å². The van der Waals surface area contributed by atoms with Gasteiger partial charge < -0.3 is 4.42 Å². The first kappa shape index (κ1) is 18.3. The molecule has 2 aromatic heterocycles. The highest BCUT2D eigenvalue weighted by molar-refractivity contribution is 7.22. The Hall–Kier alpha value is -3.06. The second kappa shape index (κ2) is 7.16. The Balaban J connectivity index is 1.81. The Morgan fingerprint density at radius 3 is 2.71 bits per heavy atom. The number of hydrogen-bond acceptors (Lipinski definition) is 4. The Labute approximate surface area is 164 Å². The highest BCUT2D eigenvalue weighted by Crippen LogP contribution is 2.33. The van der Waals surface area contributed by atoms with E-state index in [4.69, 9.17) is 4.42 Å². The lowest BCUT2D eigenvalue weighted by atomic mass is 10.0. The van der Waals surface area contributed by atoms with Gasteiger partial charge in [-0.15, -0.1) is 0 Å². The van der Waals surface area contributed by atoms with Gasteiger partial charge in [-0.25, -0.2) is 13.8 Å². The number of rotatable bonds is 4. The molecule has 0 unspecified atom stereocenters. The summed E-state index contributed by atoms with van der Waals surface area (Å²) >= 11 is 1.06. The Bertz CT molecular complexity index is 1170. The third kappa shape index (κ3) is 3.41. The van der Waals surface area contributed by atoms with Crippen LogP contribution in [0.3, 0.4) is 0 Å². The van der Waals surface area contributed by atoms with Crippen molar-refractivity contribution in [3.8, 4) is 0 Å². The minimum Gasteiger partial charge on any atom is -0.467 e. The third-order valence-corrected chi connectivity index (χ3v) is 5.41. The van der Waals surface area contributed by atoms with Gasteiger partial charge in [0.2, 0.25) is 0 Å². The fraction of sp³-hybridized carbons (Fsp3) is 0.143. The smallest absolute Gasteiger partial charge is 0.260 e. The molecule has 1 amide bonds. The fourth-order valence-electron chi connectivity index (χ4n) is 3.04. The maximum Gasteiger partial charge on any atom is 0.260 e. The molecule has 0 bridgehead atoms. The average molecular weight is 398 g/mol. The van der Waals surface area contributed by atoms with Crippen LogP contribution in [0.4, 0.5) is 13.9 Å². The summed E-state index contributed by atoms with van der Waals surface area (Å²) in [5.41, 5.74) is 2.43. The van der Waals surface area contributed by atoms with Crippen molar-refractivity contribution in [2.24, 2.45) is 0 Å². The number of nitrogens with zero attached hydrogens (tertiary/aromatic N) is 2. The molecule has 7 heteroatoms. The summed E-state index contributed by atoms with van der Waals surface area (Å²) in [6.45, 7) is 3.94. The predicted octanol–water partition coefficient (Wildman–Crippen LogP) is 5.63. The first-order valence-corrected chi connectivity index (χ1v) is 9.41. The molecular formula is C21H16F2N2O2S. The van der Waals surface area contributed by atoms with Crippen LogP contribution in [0.15, 0.2) is 53.1 Å². The fourth-order valence-corrected chi connectivity index (χ4v) is 4.05. The first-order valence-electron chi connectivity index (χ1n) is 8.59. The van der Waals surface area contributed by atoms with Gasteiger partial charge >= 0.3 is 0 Å². The Morgan fingerprint density at radius 2 is 2.00 bits per heavy atom. The molecular weight excluding hydrogens is 382 g/mol. The molecule has 4 aromatic rings. The van der Waals surface area contributed by atoms with E-state index < -0.39 is 11.6 Å². The third-order valence-electron chi connectivity index (χ3n) is 4.38. The van der Waals surface area contributed by atoms with Crippen LogP contribution in [0.2, 0.25) is 0 Å². The van der Waals surface area contributed by atoms with E-state index in [0.29, 0.717) is 16.0 Å². The van der Waals surface area contributed by atoms with Gasteiger partial charge in [-0.2, -0.15) is 0 Å². The molecule has 0 N–H and O–H groups in total. The zero-order valence-electron chi connectivity index (χ0n) is 15.2. The lowest BCUT2D eigenvalue weighted by Crippen LogP contribution is -2.30. The molecule has 0 saturated carbocycles. The van der Waals surface area contributed by atoms with E-state index in [1.807, 2.05) is 26.0 Å². The van der Waals surface area contributed by atoms with E-state index in [1.54, 1.807) is 18.2 Å². The van der Waals surface area contributed by atoms with Crippen LogP contribution in [0, 0.1) is 25.5 Å². The zero-order valence-corrected chi connectivity index (χ0v) is 16.0. The van der Waals surface area contributed by atoms with Crippen molar-refractivity contribution < 1.29 is 18.0 Å². The number of fused-ring (bicyclic) bond motifs is 1. The van der Waals surface area contributed by atoms with Gasteiger partial charge in [0.1, 0.15) is 17.1 Å². The summed E-state index contributed by atoms with van der Waals surface area (Å²) in [5, 5.41) is 0.279. The lowest BCUT2D eigenvalue weighted by molar-refractivity contribution is 0.0982. The van der Waals surface area contributed by atoms with Crippen LogP contribution in [-0.2, 0) is 6.54 Å². The molecule has 0 aliphatic heterocycles. The number of amides is 1. The largest absolute Gasteiger partial charge is 0.467 e. The molecule has 0 fully saturated rings. The molecule has 0 radical (unpaired) electrons. The molecule has 4 nitrogen and oxygen atoms in total. The van der Waals surface area contributed by atoms with E-state index >= 15 is 0 Å². The normalized spacial score (nSPS) is 11.1. The number of carbonyl (C=O) groups is 1. The van der Waals surface area contributed by atoms with Gasteiger partial charge in [0.25, 0.3) is 5.91 Å². The highest BCUT2D eigenvalue weighted by atomic mass is 32.1. The van der Waals surface area contributed by atoms with Crippen LogP contribution in [-0.4, -0.2) is 10.9 Å². The molecule has 0 aliphatic carbocycles. The van der Waals surface area contributed by atoms with Crippen LogP contribution in [0.1, 0.15) is 27.2 Å². The summed E-state index contributed by atoms with van der Waals surface area (Å²) in [6, 6.07) is 11.0. The molecule has 0 aliphatic rings. The molecule has 0 spiro atoms. The molecule has 28 heavy (non-hydrogen) atoms. The summed E-state index contributed by atoms with van der Waals surface area (Å²) in [6.07, 6.45) is 1.52. The van der Waals surface area contributed by atoms with Crippen LogP contribution >= 0.6 is 11.3 Å². The number of benzene rings is 2. The number of hydrogen-bond donors (Lipinski definition) is 0. The van der Waals surface area contributed by atoms with E-state index in [-0.39, 0.29) is 23.1 Å². The summed E-state index contributed by atoms with van der Waals surface area (Å²) in [5.74, 6) is -1.16. The second-order valence-electron chi connectivity index (χ2n) is 6.52. The second-order valence-corrected chi connectivity index (χ2v) is 7.53. The van der Waals surface area contributed by atoms with Gasteiger partial charge in [0, 0.05) is 11.6 Å². The number of anilines is 1. The van der Waals surface area contributed by atoms with E-state index in [9.17, 15) is 13.6 Å². The molecule has 142 valence electrons. The number of halogens is 2. The standard InChI is InChI=1S/C21H16F2N2O2S/c1-12-5-6-16(13(2)8-12)20(26)25(11-15-4-3-7-27-15)21-24-19-17(23)9-14(22)10-18(19)28-21/h3-10H,11H2,1-2H3. The number of thiazole rings is 1. The first-order chi connectivity index (χ1) is 13.4. The minimum absolute atomic E-state index is 0.0410. The molecule has 2 aromatic carbocycles. The van der Waals surface area contributed by atoms with Crippen molar-refractivity contribution in [3.05, 3.63) is 82.8 Å². The molecule has 0 saturated heterocycles. The maximum absolute atomic E-state index is 14.1. The van der Waals surface area contributed by atoms with Gasteiger partial charge in [-0.1, -0.05) is 29.0 Å². The van der Waals surface area contributed by atoms with Gasteiger partial charge in [0.05, 0.1) is 17.5 Å². The number of aryl methyl sites for hydroxylation is 2. The van der Waals surface area contributed by atoms with E-state index in [2.05, 4.69) is 4.98 Å². The molecule has 4 rings (SSSR count). The summed E-state index contributed by atoms with van der Waals surface area (Å²) in [4.78, 5) is 19.0. The van der Waals surface area contributed by atoms with Crippen LogP contribution in [0.5, 0.6) is 0 Å². The lowest BCUT2D eigenvalue weighted by Gasteiger charge is -2.20. The average Bonchev–Trinajstić information content (AvgIpc) is 3.28. The summed E-state index contributed by atoms with van der Waals surface area (Å²) in [7, 11) is 0. The van der Waals surface area contributed by atoms with Crippen LogP contribution in [0.25, 0.3) is 10.2 Å². The predicted molar refractivity (Wildman–Crippen MR) is 105 cm³/mol. The van der Waals surface area contributed by atoms with Crippen molar-refractivity contribution >= 4 is 32.6 Å². The summed E-state index contributed by atoms with van der Waals surface area (Å²) < 4.78 is 33.4. The van der Waals surface area contributed by atoms with Crippen LogP contribution < -0.4 is 4.90 Å². The van der Waals surface area contributed by atoms with Crippen molar-refractivity contribution in [1.82, 2.24) is 4.98 Å². The van der Waals surface area contributed by atoms with Crippen molar-refractivity contribution in [3.63, 3.8) is 0 Å². The minimum atomic E-state index is -0.755. The number of furan rings is 1. The van der Waals surface area contributed by atoms with E-state index in [0.717, 1.165) is 28.5 Å². The van der Waals surface area contributed by atoms with Crippen molar-refractivity contribution in [1.29, 1.82) is 0 Å². The number of carbonyl (C=O) groups excluding carboxylic acids is 1. The monoisotopic (exact) mass is 398 g/mol. The Morgan fingerprint density at radius 1 is 1.18 bits per heavy atom. The zero-order chi connectivity index (χ0) is 19.8. The maximum atomic E-state index is 14.1. The van der Waals surface area contributed by atoms with E-state index in [1.165, 1.54) is 17.2 Å². The Kier molecular flexibility index (Phi) is 4.68. The van der Waals surface area contributed by atoms with Crippen molar-refractivity contribution in [2.45, 2.75) is 20.4 Å². The van der Waals surface area contributed by atoms with Gasteiger partial charge in [-0.3, -0.25) is 9.69 Å². The number of aromatic nitrogens is 1. The highest BCUT2D eigenvalue weighted by Gasteiger charge is 2.25.